The van der Waals surface area contributed by atoms with E-state index in [0.29, 0.717) is 4.90 Å². The lowest BCUT2D eigenvalue weighted by molar-refractivity contribution is -0.276. The van der Waals surface area contributed by atoms with E-state index in [1.807, 2.05) is 20.8 Å². The third kappa shape index (κ3) is 14.1. The molecule has 19 nitrogen and oxygen atoms in total. The first kappa shape index (κ1) is 48.3. The number of alkyl halides is 3. The number of imide groups is 1. The summed E-state index contributed by atoms with van der Waals surface area (Å²) in [4.78, 5) is 101. The highest BCUT2D eigenvalue weighted by atomic mass is 19.4. The molecule has 0 radical (unpaired) electrons. The van der Waals surface area contributed by atoms with Gasteiger partial charge in [-0.3, -0.25) is 48.3 Å². The Labute approximate surface area is 343 Å². The number of ether oxygens (including phenoxy) is 2. The standard InChI is InChI=1S/C38H51F3N10O9/c1-23(52)50(24(2)53)18-14-29(55)44-17-20-60-37(6,36(3,4)5)59-19-16-43-28(54)9-8-15-45-32(56)25-10-12-27(13-11-25)51(34(58)38(39,40)41)22-26-21-46-31-30(47-26)33(57)49-35(42-7)48-31/h10-13,21H,8-9,14-20,22H2,1-7H3,(H,43,54)(H,44,55)(H,45,56)(H2,42,46,48,49,57). The van der Waals surface area contributed by atoms with Gasteiger partial charge in [0.2, 0.25) is 29.6 Å². The largest absolute Gasteiger partial charge is 0.471 e. The molecular formula is C38H51F3N10O9. The van der Waals surface area contributed by atoms with Crippen LogP contribution in [-0.2, 0) is 40.0 Å². The van der Waals surface area contributed by atoms with Gasteiger partial charge in [-0.25, -0.2) is 9.97 Å². The highest BCUT2D eigenvalue weighted by Crippen LogP contribution is 2.34. The number of carbonyl (C=O) groups excluding carboxylic acids is 6. The van der Waals surface area contributed by atoms with Crippen LogP contribution in [0, 0.1) is 5.41 Å². The molecule has 0 fully saturated rings. The van der Waals surface area contributed by atoms with E-state index in [9.17, 15) is 46.7 Å². The maximum absolute atomic E-state index is 13.6. The van der Waals surface area contributed by atoms with E-state index >= 15 is 0 Å². The Morgan fingerprint density at radius 3 is 1.93 bits per heavy atom. The Hall–Kier alpha value is -6.03. The number of anilines is 2. The second-order valence-electron chi connectivity index (χ2n) is 14.5. The SMILES string of the molecule is CNc1nc2ncc(CN(C(=O)C(F)(F)F)c3ccc(C(=O)NCCCC(=O)NCCOC(C)(OCCNC(=O)CCN(C(C)=O)C(C)=O)C(C)(C)C)cc3)nc2c(=O)[nH]1. The minimum Gasteiger partial charge on any atom is -0.359 e. The number of fused-ring (bicyclic) bond motifs is 1. The Balaban J connectivity index is 1.44. The van der Waals surface area contributed by atoms with Gasteiger partial charge in [0.05, 0.1) is 31.6 Å². The van der Waals surface area contributed by atoms with Gasteiger partial charge in [0.25, 0.3) is 11.5 Å². The van der Waals surface area contributed by atoms with E-state index in [2.05, 4.69) is 41.2 Å². The Bertz CT molecular complexity index is 2060. The highest BCUT2D eigenvalue weighted by Gasteiger charge is 2.43. The van der Waals surface area contributed by atoms with E-state index in [1.165, 1.54) is 33.0 Å². The summed E-state index contributed by atoms with van der Waals surface area (Å²) in [5.74, 6) is -5.32. The van der Waals surface area contributed by atoms with Crippen molar-refractivity contribution in [2.45, 2.75) is 79.3 Å². The summed E-state index contributed by atoms with van der Waals surface area (Å²) < 4.78 is 52.8. The van der Waals surface area contributed by atoms with Crippen molar-refractivity contribution in [3.05, 3.63) is 52.1 Å². The van der Waals surface area contributed by atoms with Crippen molar-refractivity contribution >= 4 is 58.2 Å². The number of hydrogen-bond donors (Lipinski definition) is 5. The van der Waals surface area contributed by atoms with Crippen LogP contribution in [0.25, 0.3) is 11.2 Å². The molecule has 1 unspecified atom stereocenters. The van der Waals surface area contributed by atoms with E-state index < -0.39 is 53.1 Å². The number of benzene rings is 1. The predicted octanol–water partition coefficient (Wildman–Crippen LogP) is 2.17. The fourth-order valence-corrected chi connectivity index (χ4v) is 5.36. The lowest BCUT2D eigenvalue weighted by Crippen LogP contribution is -2.48. The normalized spacial score (nSPS) is 12.6. The summed E-state index contributed by atoms with van der Waals surface area (Å²) >= 11 is 0. The summed E-state index contributed by atoms with van der Waals surface area (Å²) in [6, 6.07) is 4.80. The van der Waals surface area contributed by atoms with Crippen LogP contribution in [0.4, 0.5) is 24.8 Å². The van der Waals surface area contributed by atoms with Gasteiger partial charge in [0.1, 0.15) is 0 Å². The van der Waals surface area contributed by atoms with Gasteiger partial charge < -0.3 is 30.7 Å². The molecular weight excluding hydrogens is 797 g/mol. The van der Waals surface area contributed by atoms with Crippen molar-refractivity contribution in [3.8, 4) is 0 Å². The van der Waals surface area contributed by atoms with Gasteiger partial charge in [-0.1, -0.05) is 20.8 Å². The second kappa shape index (κ2) is 21.3. The van der Waals surface area contributed by atoms with Crippen molar-refractivity contribution in [1.29, 1.82) is 0 Å². The van der Waals surface area contributed by atoms with Gasteiger partial charge in [-0.15, -0.1) is 0 Å². The van der Waals surface area contributed by atoms with E-state index in [-0.39, 0.29) is 105 Å². The Kier molecular flexibility index (Phi) is 17.2. The van der Waals surface area contributed by atoms with Crippen LogP contribution in [0.2, 0.25) is 0 Å². The summed E-state index contributed by atoms with van der Waals surface area (Å²) in [6.45, 7) is 9.82. The summed E-state index contributed by atoms with van der Waals surface area (Å²) in [5, 5.41) is 10.7. The zero-order valence-corrected chi connectivity index (χ0v) is 34.5. The lowest BCUT2D eigenvalue weighted by atomic mass is 9.86. The quantitative estimate of drug-likeness (QED) is 0.0810. The molecule has 3 rings (SSSR count). The smallest absolute Gasteiger partial charge is 0.359 e. The average molecular weight is 849 g/mol. The Morgan fingerprint density at radius 2 is 1.40 bits per heavy atom. The minimum atomic E-state index is -5.26. The van der Waals surface area contributed by atoms with Crippen molar-refractivity contribution in [3.63, 3.8) is 0 Å². The zero-order chi connectivity index (χ0) is 44.8. The molecule has 1 atom stereocenters. The van der Waals surface area contributed by atoms with Crippen molar-refractivity contribution in [2.24, 2.45) is 5.41 Å². The predicted molar refractivity (Wildman–Crippen MR) is 211 cm³/mol. The number of nitrogens with one attached hydrogen (secondary N) is 5. The second-order valence-corrected chi connectivity index (χ2v) is 14.5. The first-order chi connectivity index (χ1) is 28.1. The molecule has 0 aliphatic carbocycles. The van der Waals surface area contributed by atoms with Gasteiger partial charge in [0, 0.05) is 76.6 Å². The van der Waals surface area contributed by atoms with Crippen LogP contribution in [0.15, 0.2) is 35.3 Å². The number of aromatic amines is 1. The molecule has 2 aromatic heterocycles. The van der Waals surface area contributed by atoms with Crippen LogP contribution in [0.1, 0.15) is 76.9 Å². The summed E-state index contributed by atoms with van der Waals surface area (Å²) in [6.07, 6.45) is -3.88. The average Bonchev–Trinajstić information content (AvgIpc) is 3.17. The molecule has 1 aromatic carbocycles. The minimum absolute atomic E-state index is 0.0329. The molecule has 0 saturated carbocycles. The topological polar surface area (TPSA) is 247 Å². The molecule has 0 bridgehead atoms. The fraction of sp³-hybridized carbons (Fsp3) is 0.526. The molecule has 22 heteroatoms. The first-order valence-electron chi connectivity index (χ1n) is 18.9. The number of halogens is 3. The molecule has 0 aliphatic rings. The number of aromatic nitrogens is 4. The van der Waals surface area contributed by atoms with Crippen LogP contribution in [0.5, 0.6) is 0 Å². The molecule has 0 saturated heterocycles. The maximum atomic E-state index is 13.6. The van der Waals surface area contributed by atoms with Gasteiger partial charge in [0.15, 0.2) is 17.0 Å². The number of rotatable bonds is 20. The fourth-order valence-electron chi connectivity index (χ4n) is 5.36. The van der Waals surface area contributed by atoms with E-state index in [0.717, 1.165) is 23.2 Å². The van der Waals surface area contributed by atoms with Crippen LogP contribution < -0.4 is 31.7 Å². The number of carbonyl (C=O) groups is 6. The number of amides is 6. The third-order valence-corrected chi connectivity index (χ3v) is 9.11. The highest BCUT2D eigenvalue weighted by molar-refractivity contribution is 5.99. The summed E-state index contributed by atoms with van der Waals surface area (Å²) in [5.41, 5.74) is -1.73. The molecule has 2 heterocycles. The lowest BCUT2D eigenvalue weighted by Gasteiger charge is -2.41. The van der Waals surface area contributed by atoms with E-state index in [4.69, 9.17) is 9.47 Å². The van der Waals surface area contributed by atoms with Gasteiger partial charge in [-0.05, 0) is 37.6 Å². The Morgan fingerprint density at radius 1 is 0.817 bits per heavy atom. The van der Waals surface area contributed by atoms with Gasteiger partial charge >= 0.3 is 12.1 Å². The molecule has 3 aromatic rings. The molecule has 5 N–H and O–H groups in total. The van der Waals surface area contributed by atoms with Crippen molar-refractivity contribution < 1.29 is 51.4 Å². The number of H-pyrrole nitrogens is 1. The molecule has 6 amide bonds. The summed E-state index contributed by atoms with van der Waals surface area (Å²) in [7, 11) is 1.51. The number of nitrogens with zero attached hydrogens (tertiary/aromatic N) is 5. The third-order valence-electron chi connectivity index (χ3n) is 9.11. The maximum Gasteiger partial charge on any atom is 0.471 e. The monoisotopic (exact) mass is 848 g/mol. The van der Waals surface area contributed by atoms with E-state index in [1.54, 1.807) is 6.92 Å². The molecule has 0 aliphatic heterocycles. The molecule has 60 heavy (non-hydrogen) atoms. The number of hydrogen-bond acceptors (Lipinski definition) is 13. The zero-order valence-electron chi connectivity index (χ0n) is 34.5. The van der Waals surface area contributed by atoms with Crippen LogP contribution in [-0.4, -0.2) is 119 Å². The van der Waals surface area contributed by atoms with Crippen LogP contribution in [0.3, 0.4) is 0 Å². The molecule has 0 spiro atoms. The molecule has 328 valence electrons. The van der Waals surface area contributed by atoms with Crippen molar-refractivity contribution in [1.82, 2.24) is 40.8 Å². The van der Waals surface area contributed by atoms with Gasteiger partial charge in [-0.2, -0.15) is 18.2 Å². The van der Waals surface area contributed by atoms with Crippen molar-refractivity contribution in [2.75, 3.05) is 56.7 Å². The first-order valence-corrected chi connectivity index (χ1v) is 18.9. The van der Waals surface area contributed by atoms with Crippen LogP contribution >= 0.6 is 0 Å².